The summed E-state index contributed by atoms with van der Waals surface area (Å²) in [6.45, 7) is 12.3. The molecule has 1 unspecified atom stereocenters. The number of carbonyl (C=O) groups is 6. The standard InChI is InChI=1S/C39H57N5O6S/c1-37(2,3)31(43-35(49)30(39(6)17-8-7-9-18-39)42-32(46)26-14-11-19-51-26)36(50)44-21-24-27(38(24,4)5)28(44)33(47)41-25(20-22-12-10-13-22)29(45)34(48)40-23-15-16-23/h11,14,19,22-25,27-28,30-31H,7-10,12-13,15-18,20-21H2,1-6H3,(H,40,48)(H,41,47)(H,42,46)(H,43,49)/t24-,25?,27-,28-,30+,31+/m0/s1. The lowest BCUT2D eigenvalue weighted by Gasteiger charge is -2.42. The first-order valence-electron chi connectivity index (χ1n) is 19.1. The number of piperidine rings is 1. The van der Waals surface area contributed by atoms with Crippen molar-refractivity contribution in [1.29, 1.82) is 0 Å². The van der Waals surface area contributed by atoms with Crippen LogP contribution in [-0.4, -0.2) is 77.0 Å². The van der Waals surface area contributed by atoms with Gasteiger partial charge in [-0.1, -0.05) is 86.1 Å². The van der Waals surface area contributed by atoms with Gasteiger partial charge >= 0.3 is 0 Å². The van der Waals surface area contributed by atoms with E-state index in [4.69, 9.17) is 0 Å². The van der Waals surface area contributed by atoms with Gasteiger partial charge in [0.05, 0.1) is 10.9 Å². The number of fused-ring (bicyclic) bond motifs is 1. The molecule has 4 aliphatic carbocycles. The maximum atomic E-state index is 14.7. The lowest BCUT2D eigenvalue weighted by Crippen LogP contribution is -2.64. The van der Waals surface area contributed by atoms with E-state index < -0.39 is 58.5 Å². The van der Waals surface area contributed by atoms with Crippen molar-refractivity contribution in [3.8, 4) is 0 Å². The molecule has 0 bridgehead atoms. The van der Waals surface area contributed by atoms with E-state index in [2.05, 4.69) is 35.1 Å². The number of nitrogens with one attached hydrogen (secondary N) is 4. The smallest absolute Gasteiger partial charge is 0.289 e. The fraction of sp³-hybridized carbons (Fsp3) is 0.744. The van der Waals surface area contributed by atoms with Gasteiger partial charge in [-0.05, 0) is 77.5 Å². The number of carbonyl (C=O) groups excluding carboxylic acids is 6. The zero-order chi connectivity index (χ0) is 36.9. The molecule has 6 rings (SSSR count). The molecule has 280 valence electrons. The van der Waals surface area contributed by atoms with Crippen molar-refractivity contribution in [3.05, 3.63) is 22.4 Å². The highest BCUT2D eigenvalue weighted by Crippen LogP contribution is 2.65. The summed E-state index contributed by atoms with van der Waals surface area (Å²) in [5.74, 6) is -2.55. The number of amides is 5. The van der Waals surface area contributed by atoms with Crippen LogP contribution >= 0.6 is 11.3 Å². The first kappa shape index (κ1) is 37.5. The molecule has 2 heterocycles. The second-order valence-electron chi connectivity index (χ2n) is 18.0. The van der Waals surface area contributed by atoms with E-state index in [-0.39, 0.29) is 41.0 Å². The quantitative estimate of drug-likeness (QED) is 0.222. The summed E-state index contributed by atoms with van der Waals surface area (Å²) in [5, 5.41) is 13.7. The lowest BCUT2D eigenvalue weighted by molar-refractivity contribution is -0.147. The molecule has 4 saturated carbocycles. The summed E-state index contributed by atoms with van der Waals surface area (Å²) >= 11 is 1.31. The van der Waals surface area contributed by atoms with Crippen LogP contribution in [0.5, 0.6) is 0 Å². The van der Waals surface area contributed by atoms with Crippen molar-refractivity contribution in [2.24, 2.45) is 34.0 Å². The number of thiophene rings is 1. The molecule has 5 fully saturated rings. The average molecular weight is 724 g/mol. The Hall–Kier alpha value is -3.28. The van der Waals surface area contributed by atoms with E-state index in [0.29, 0.717) is 17.8 Å². The van der Waals surface area contributed by atoms with E-state index in [1.165, 1.54) is 11.3 Å². The molecule has 1 aromatic rings. The third kappa shape index (κ3) is 7.90. The molecule has 12 heteroatoms. The van der Waals surface area contributed by atoms with Crippen molar-refractivity contribution in [3.63, 3.8) is 0 Å². The molecule has 0 radical (unpaired) electrons. The summed E-state index contributed by atoms with van der Waals surface area (Å²) in [6.07, 6.45) is 9.59. The van der Waals surface area contributed by atoms with E-state index in [9.17, 15) is 28.8 Å². The van der Waals surface area contributed by atoms with Crippen LogP contribution in [0.1, 0.15) is 122 Å². The largest absolute Gasteiger partial charge is 0.347 e. The maximum Gasteiger partial charge on any atom is 0.289 e. The van der Waals surface area contributed by atoms with Gasteiger partial charge in [0, 0.05) is 12.6 Å². The topological polar surface area (TPSA) is 154 Å². The Morgan fingerprint density at radius 2 is 1.61 bits per heavy atom. The van der Waals surface area contributed by atoms with Crippen LogP contribution in [0.2, 0.25) is 0 Å². The number of hydrogen-bond donors (Lipinski definition) is 4. The van der Waals surface area contributed by atoms with Gasteiger partial charge < -0.3 is 26.2 Å². The SMILES string of the molecule is CC(C)(C)[C@H](NC(=O)[C@@H](NC(=O)c1cccs1)C1(C)CCCCC1)C(=O)N1C[C@H]2[C@@H]([C@H]1C(=O)NC(CC1CCC1)C(=O)C(=O)NC1CC1)C2(C)C. The van der Waals surface area contributed by atoms with Crippen LogP contribution in [0.15, 0.2) is 17.5 Å². The predicted molar refractivity (Wildman–Crippen MR) is 194 cm³/mol. The van der Waals surface area contributed by atoms with E-state index >= 15 is 0 Å². The van der Waals surface area contributed by atoms with Crippen molar-refractivity contribution in [2.75, 3.05) is 6.54 Å². The predicted octanol–water partition coefficient (Wildman–Crippen LogP) is 4.35. The normalized spacial score (nSPS) is 26.8. The first-order valence-corrected chi connectivity index (χ1v) is 20.0. The average Bonchev–Trinajstić information content (AvgIpc) is 3.74. The monoisotopic (exact) mass is 723 g/mol. The molecule has 5 aliphatic rings. The maximum absolute atomic E-state index is 14.7. The Kier molecular flexibility index (Phi) is 10.5. The summed E-state index contributed by atoms with van der Waals surface area (Å²) in [5.41, 5.74) is -1.39. The summed E-state index contributed by atoms with van der Waals surface area (Å²) in [7, 11) is 0. The molecule has 11 nitrogen and oxygen atoms in total. The van der Waals surface area contributed by atoms with E-state index in [1.54, 1.807) is 17.0 Å². The van der Waals surface area contributed by atoms with Gasteiger partial charge in [-0.3, -0.25) is 28.8 Å². The highest BCUT2D eigenvalue weighted by atomic mass is 32.1. The number of ketones is 1. The van der Waals surface area contributed by atoms with E-state index in [1.807, 2.05) is 33.1 Å². The zero-order valence-electron chi connectivity index (χ0n) is 31.1. The Balaban J connectivity index is 1.22. The minimum absolute atomic E-state index is 0.0197. The molecular formula is C39H57N5O6S. The third-order valence-electron chi connectivity index (χ3n) is 12.7. The number of rotatable bonds is 13. The van der Waals surface area contributed by atoms with Gasteiger partial charge in [-0.2, -0.15) is 0 Å². The van der Waals surface area contributed by atoms with Crippen LogP contribution in [-0.2, 0) is 24.0 Å². The van der Waals surface area contributed by atoms with Gasteiger partial charge in [-0.25, -0.2) is 0 Å². The highest BCUT2D eigenvalue weighted by Gasteiger charge is 2.70. The van der Waals surface area contributed by atoms with Crippen LogP contribution in [0, 0.1) is 34.0 Å². The summed E-state index contributed by atoms with van der Waals surface area (Å²) in [6, 6.07) is -0.0789. The lowest BCUT2D eigenvalue weighted by atomic mass is 9.70. The Bertz CT molecular complexity index is 1520. The molecular weight excluding hydrogens is 667 g/mol. The number of likely N-dealkylation sites (tertiary alicyclic amines) is 1. The fourth-order valence-electron chi connectivity index (χ4n) is 8.86. The minimum atomic E-state index is -0.981. The second kappa shape index (κ2) is 14.3. The van der Waals surface area contributed by atoms with Crippen molar-refractivity contribution < 1.29 is 28.8 Å². The zero-order valence-corrected chi connectivity index (χ0v) is 32.0. The van der Waals surface area contributed by atoms with Crippen molar-refractivity contribution in [1.82, 2.24) is 26.2 Å². The molecule has 0 spiro atoms. The number of nitrogens with zero attached hydrogens (tertiary/aromatic N) is 1. The highest BCUT2D eigenvalue weighted by molar-refractivity contribution is 7.12. The van der Waals surface area contributed by atoms with Gasteiger partial charge in [0.15, 0.2) is 0 Å². The fourth-order valence-corrected chi connectivity index (χ4v) is 9.49. The Morgan fingerprint density at radius 1 is 0.922 bits per heavy atom. The number of Topliss-reactive ketones (excluding diaryl/α,β-unsaturated/α-hetero) is 1. The minimum Gasteiger partial charge on any atom is -0.347 e. The second-order valence-corrected chi connectivity index (χ2v) is 18.9. The molecule has 4 N–H and O–H groups in total. The van der Waals surface area contributed by atoms with Gasteiger partial charge in [0.2, 0.25) is 23.5 Å². The molecule has 1 aromatic heterocycles. The molecule has 51 heavy (non-hydrogen) atoms. The van der Waals surface area contributed by atoms with E-state index in [0.717, 1.165) is 64.2 Å². The van der Waals surface area contributed by atoms with Gasteiger partial charge in [-0.15, -0.1) is 11.3 Å². The van der Waals surface area contributed by atoms with Crippen molar-refractivity contribution >= 4 is 46.7 Å². The summed E-state index contributed by atoms with van der Waals surface area (Å²) < 4.78 is 0. The van der Waals surface area contributed by atoms with Crippen LogP contribution in [0.25, 0.3) is 0 Å². The Morgan fingerprint density at radius 3 is 2.18 bits per heavy atom. The van der Waals surface area contributed by atoms with Gasteiger partial charge in [0.1, 0.15) is 18.1 Å². The molecule has 6 atom stereocenters. The Labute approximate surface area is 306 Å². The molecule has 5 amide bonds. The van der Waals surface area contributed by atoms with Crippen LogP contribution in [0.3, 0.4) is 0 Å². The van der Waals surface area contributed by atoms with Crippen molar-refractivity contribution in [2.45, 2.75) is 142 Å². The van der Waals surface area contributed by atoms with Crippen LogP contribution < -0.4 is 21.3 Å². The number of hydrogen-bond acceptors (Lipinski definition) is 7. The van der Waals surface area contributed by atoms with Gasteiger partial charge in [0.25, 0.3) is 11.8 Å². The molecule has 1 aliphatic heterocycles. The molecule has 1 saturated heterocycles. The van der Waals surface area contributed by atoms with Crippen LogP contribution in [0.4, 0.5) is 0 Å². The molecule has 0 aromatic carbocycles. The first-order chi connectivity index (χ1) is 24.0. The summed E-state index contributed by atoms with van der Waals surface area (Å²) in [4.78, 5) is 85.1. The third-order valence-corrected chi connectivity index (χ3v) is 13.6.